The number of hydrogen-bond acceptors (Lipinski definition) is 4. The van der Waals surface area contributed by atoms with Crippen LogP contribution in [0.2, 0.25) is 0 Å². The summed E-state index contributed by atoms with van der Waals surface area (Å²) in [7, 11) is -2.13. The summed E-state index contributed by atoms with van der Waals surface area (Å²) in [5.74, 6) is 0.292. The Morgan fingerprint density at radius 2 is 2.17 bits per heavy atom. The van der Waals surface area contributed by atoms with Crippen LogP contribution in [-0.4, -0.2) is 34.0 Å². The zero-order chi connectivity index (χ0) is 16.6. The second-order valence-corrected chi connectivity index (χ2v) is 8.24. The maximum Gasteiger partial charge on any atom is 0.240 e. The van der Waals surface area contributed by atoms with Crippen molar-refractivity contribution >= 4 is 21.6 Å². The minimum Gasteiger partial charge on any atom is -0.327 e. The van der Waals surface area contributed by atoms with Crippen LogP contribution in [0, 0.1) is 5.92 Å². The Labute approximate surface area is 137 Å². The molecule has 2 aliphatic rings. The summed E-state index contributed by atoms with van der Waals surface area (Å²) in [6.07, 6.45) is 4.28. The monoisotopic (exact) mass is 337 g/mol. The lowest BCUT2D eigenvalue weighted by Crippen LogP contribution is -2.34. The Kier molecular flexibility index (Phi) is 4.44. The molecule has 0 bridgehead atoms. The number of benzene rings is 1. The van der Waals surface area contributed by atoms with E-state index in [1.165, 1.54) is 7.05 Å². The third-order valence-electron chi connectivity index (χ3n) is 4.99. The molecule has 3 N–H and O–H groups in total. The first kappa shape index (κ1) is 16.4. The number of amides is 1. The van der Waals surface area contributed by atoms with Gasteiger partial charge in [-0.05, 0) is 49.9 Å². The molecule has 0 unspecified atom stereocenters. The van der Waals surface area contributed by atoms with Crippen LogP contribution in [-0.2, 0) is 21.2 Å². The molecular formula is C16H23N3O3S. The maximum absolute atomic E-state index is 12.6. The molecule has 126 valence electrons. The lowest BCUT2D eigenvalue weighted by Gasteiger charge is -2.22. The summed E-state index contributed by atoms with van der Waals surface area (Å²) in [6.45, 7) is 0.610. The number of nitrogens with one attached hydrogen (secondary N) is 1. The molecule has 0 radical (unpaired) electrons. The molecule has 0 aromatic heterocycles. The highest BCUT2D eigenvalue weighted by molar-refractivity contribution is 7.89. The summed E-state index contributed by atoms with van der Waals surface area (Å²) in [4.78, 5) is 14.6. The largest absolute Gasteiger partial charge is 0.327 e. The molecule has 1 saturated carbocycles. The van der Waals surface area contributed by atoms with E-state index in [0.717, 1.165) is 36.9 Å². The number of nitrogens with two attached hydrogens (primary N) is 1. The number of fused-ring (bicyclic) bond motifs is 1. The SMILES string of the molecule is CNS(=O)(=O)c1ccc2c(c1)N(C(=O)C[C@@H]1CCC[C@H]1N)CC2. The third kappa shape index (κ3) is 3.13. The minimum absolute atomic E-state index is 0.0464. The van der Waals surface area contributed by atoms with Gasteiger partial charge in [-0.3, -0.25) is 4.79 Å². The zero-order valence-corrected chi connectivity index (χ0v) is 14.1. The lowest BCUT2D eigenvalue weighted by atomic mass is 9.99. The molecule has 1 fully saturated rings. The van der Waals surface area contributed by atoms with Gasteiger partial charge in [0, 0.05) is 24.7 Å². The van der Waals surface area contributed by atoms with Crippen LogP contribution in [0.4, 0.5) is 5.69 Å². The van der Waals surface area contributed by atoms with Crippen molar-refractivity contribution in [2.24, 2.45) is 11.7 Å². The summed E-state index contributed by atoms with van der Waals surface area (Å²) in [5, 5.41) is 0. The van der Waals surface area contributed by atoms with Gasteiger partial charge in [-0.25, -0.2) is 13.1 Å². The maximum atomic E-state index is 12.6. The highest BCUT2D eigenvalue weighted by Gasteiger charge is 2.31. The molecule has 1 aromatic rings. The average Bonchev–Trinajstić information content (AvgIpc) is 3.13. The Bertz CT molecular complexity index is 717. The minimum atomic E-state index is -3.51. The Hall–Kier alpha value is -1.44. The van der Waals surface area contributed by atoms with Crippen LogP contribution < -0.4 is 15.4 Å². The predicted molar refractivity (Wildman–Crippen MR) is 88.7 cm³/mol. The van der Waals surface area contributed by atoms with E-state index in [-0.39, 0.29) is 22.8 Å². The fraction of sp³-hybridized carbons (Fsp3) is 0.562. The highest BCUT2D eigenvalue weighted by atomic mass is 32.2. The standard InChI is InChI=1S/C16H23N3O3S/c1-18-23(21,22)13-6-5-11-7-8-19(15(11)10-13)16(20)9-12-3-2-4-14(12)17/h5-6,10,12,14,18H,2-4,7-9,17H2,1H3/t12-,14+/m0/s1. The summed E-state index contributed by atoms with van der Waals surface area (Å²) in [6, 6.07) is 5.09. The summed E-state index contributed by atoms with van der Waals surface area (Å²) < 4.78 is 26.2. The van der Waals surface area contributed by atoms with Crippen LogP contribution in [0.3, 0.4) is 0 Å². The van der Waals surface area contributed by atoms with Crippen molar-refractivity contribution in [3.63, 3.8) is 0 Å². The third-order valence-corrected chi connectivity index (χ3v) is 6.40. The van der Waals surface area contributed by atoms with Crippen molar-refractivity contribution in [3.8, 4) is 0 Å². The number of anilines is 1. The molecule has 1 aromatic carbocycles. The molecule has 1 aliphatic carbocycles. The summed E-state index contributed by atoms with van der Waals surface area (Å²) in [5.41, 5.74) is 7.80. The van der Waals surface area contributed by atoms with Gasteiger partial charge in [0.05, 0.1) is 4.90 Å². The van der Waals surface area contributed by atoms with Crippen LogP contribution in [0.15, 0.2) is 23.1 Å². The van der Waals surface area contributed by atoms with Gasteiger partial charge in [-0.1, -0.05) is 12.5 Å². The number of rotatable bonds is 4. The van der Waals surface area contributed by atoms with E-state index in [0.29, 0.717) is 13.0 Å². The molecule has 1 aliphatic heterocycles. The van der Waals surface area contributed by atoms with Crippen molar-refractivity contribution in [3.05, 3.63) is 23.8 Å². The van der Waals surface area contributed by atoms with Crippen molar-refractivity contribution in [1.29, 1.82) is 0 Å². The first-order valence-electron chi connectivity index (χ1n) is 8.05. The fourth-order valence-corrected chi connectivity index (χ4v) is 4.31. The lowest BCUT2D eigenvalue weighted by molar-refractivity contribution is -0.119. The Morgan fingerprint density at radius 1 is 1.39 bits per heavy atom. The highest BCUT2D eigenvalue weighted by Crippen LogP contribution is 2.33. The molecule has 7 heteroatoms. The summed E-state index contributed by atoms with van der Waals surface area (Å²) >= 11 is 0. The van der Waals surface area contributed by atoms with Gasteiger partial charge in [0.1, 0.15) is 0 Å². The van der Waals surface area contributed by atoms with Crippen LogP contribution in [0.5, 0.6) is 0 Å². The van der Waals surface area contributed by atoms with Gasteiger partial charge in [0.2, 0.25) is 15.9 Å². The van der Waals surface area contributed by atoms with E-state index in [2.05, 4.69) is 4.72 Å². The first-order chi connectivity index (χ1) is 10.9. The number of nitrogens with zero attached hydrogens (tertiary/aromatic N) is 1. The molecule has 0 saturated heterocycles. The van der Waals surface area contributed by atoms with Crippen LogP contribution in [0.1, 0.15) is 31.2 Å². The van der Waals surface area contributed by atoms with Crippen molar-refractivity contribution in [2.75, 3.05) is 18.5 Å². The molecular weight excluding hydrogens is 314 g/mol. The van der Waals surface area contributed by atoms with Gasteiger partial charge in [-0.2, -0.15) is 0 Å². The van der Waals surface area contributed by atoms with E-state index in [1.807, 2.05) is 0 Å². The van der Waals surface area contributed by atoms with Crippen LogP contribution in [0.25, 0.3) is 0 Å². The normalized spacial score (nSPS) is 24.0. The number of carbonyl (C=O) groups is 1. The van der Waals surface area contributed by atoms with Gasteiger partial charge >= 0.3 is 0 Å². The van der Waals surface area contributed by atoms with E-state index in [4.69, 9.17) is 5.73 Å². The molecule has 2 atom stereocenters. The van der Waals surface area contributed by atoms with Gasteiger partial charge < -0.3 is 10.6 Å². The van der Waals surface area contributed by atoms with E-state index in [1.54, 1.807) is 23.1 Å². The second kappa shape index (κ2) is 6.22. The topological polar surface area (TPSA) is 92.5 Å². The fourth-order valence-electron chi connectivity index (χ4n) is 3.56. The molecule has 23 heavy (non-hydrogen) atoms. The molecule has 1 amide bonds. The van der Waals surface area contributed by atoms with Crippen molar-refractivity contribution in [2.45, 2.75) is 43.0 Å². The van der Waals surface area contributed by atoms with Crippen molar-refractivity contribution < 1.29 is 13.2 Å². The quantitative estimate of drug-likeness (QED) is 0.857. The second-order valence-electron chi connectivity index (χ2n) is 6.35. The Morgan fingerprint density at radius 3 is 2.83 bits per heavy atom. The van der Waals surface area contributed by atoms with Gasteiger partial charge in [0.25, 0.3) is 0 Å². The van der Waals surface area contributed by atoms with Gasteiger partial charge in [-0.15, -0.1) is 0 Å². The molecule has 0 spiro atoms. The number of carbonyl (C=O) groups excluding carboxylic acids is 1. The van der Waals surface area contributed by atoms with Gasteiger partial charge in [0.15, 0.2) is 0 Å². The van der Waals surface area contributed by atoms with E-state index in [9.17, 15) is 13.2 Å². The zero-order valence-electron chi connectivity index (χ0n) is 13.3. The van der Waals surface area contributed by atoms with Crippen LogP contribution >= 0.6 is 0 Å². The number of sulfonamides is 1. The van der Waals surface area contributed by atoms with E-state index < -0.39 is 10.0 Å². The smallest absolute Gasteiger partial charge is 0.240 e. The molecule has 3 rings (SSSR count). The molecule has 6 nitrogen and oxygen atoms in total. The number of hydrogen-bond donors (Lipinski definition) is 2. The van der Waals surface area contributed by atoms with Crippen molar-refractivity contribution in [1.82, 2.24) is 4.72 Å². The Balaban J connectivity index is 1.82. The average molecular weight is 337 g/mol. The first-order valence-corrected chi connectivity index (χ1v) is 9.53. The molecule has 1 heterocycles. The van der Waals surface area contributed by atoms with E-state index >= 15 is 0 Å². The predicted octanol–water partition coefficient (Wildman–Crippen LogP) is 1.00.